The quantitative estimate of drug-likeness (QED) is 0.378. The minimum absolute atomic E-state index is 0.101. The number of ether oxygens (including phenoxy) is 4. The number of hydrogen-bond acceptors (Lipinski definition) is 5. The first kappa shape index (κ1) is 24.7. The number of aryl methyl sites for hydroxylation is 2. The zero-order valence-electron chi connectivity index (χ0n) is 20.1. The van der Waals surface area contributed by atoms with E-state index in [0.717, 1.165) is 23.3 Å². The van der Waals surface area contributed by atoms with Crippen molar-refractivity contribution in [3.05, 3.63) is 58.1 Å². The minimum Gasteiger partial charge on any atom is -0.482 e. The molecule has 0 saturated carbocycles. The molecular weight excluding hydrogens is 392 g/mol. The summed E-state index contributed by atoms with van der Waals surface area (Å²) in [5.41, 5.74) is 5.39. The Balaban J connectivity index is 2.15. The van der Waals surface area contributed by atoms with Crippen molar-refractivity contribution in [3.63, 3.8) is 0 Å². The van der Waals surface area contributed by atoms with Crippen LogP contribution in [-0.2, 0) is 20.7 Å². The van der Waals surface area contributed by atoms with Crippen molar-refractivity contribution in [2.75, 3.05) is 20.5 Å². The maximum Gasteiger partial charge on any atom is 0.344 e. The summed E-state index contributed by atoms with van der Waals surface area (Å²) in [4.78, 5) is 11.9. The smallest absolute Gasteiger partial charge is 0.344 e. The third-order valence-electron chi connectivity index (χ3n) is 4.86. The van der Waals surface area contributed by atoms with Crippen LogP contribution >= 0.6 is 0 Å². The molecule has 31 heavy (non-hydrogen) atoms. The van der Waals surface area contributed by atoms with Gasteiger partial charge < -0.3 is 18.9 Å². The molecule has 170 valence electrons. The van der Waals surface area contributed by atoms with Crippen LogP contribution in [0.15, 0.2) is 30.3 Å². The Morgan fingerprint density at radius 1 is 1.00 bits per heavy atom. The van der Waals surface area contributed by atoms with E-state index >= 15 is 0 Å². The van der Waals surface area contributed by atoms with Crippen LogP contribution in [0.1, 0.15) is 68.4 Å². The molecule has 0 N–H and O–H groups in total. The van der Waals surface area contributed by atoms with E-state index < -0.39 is 5.60 Å². The summed E-state index contributed by atoms with van der Waals surface area (Å²) in [6, 6.07) is 10.3. The second-order valence-electron chi connectivity index (χ2n) is 9.17. The molecular formula is C26H36O5. The van der Waals surface area contributed by atoms with Crippen LogP contribution in [0.25, 0.3) is 0 Å². The Hall–Kier alpha value is -2.53. The van der Waals surface area contributed by atoms with E-state index in [2.05, 4.69) is 39.8 Å². The molecule has 0 spiro atoms. The van der Waals surface area contributed by atoms with Crippen LogP contribution in [0, 0.1) is 13.8 Å². The summed E-state index contributed by atoms with van der Waals surface area (Å²) in [7, 11) is 1.62. The van der Waals surface area contributed by atoms with E-state index in [1.165, 1.54) is 16.7 Å². The SMILES string of the molecule is COCOc1ccc(Cc2c(C)cc(OCC(=O)OC(C)(C)C)cc2C)cc1C(C)C. The van der Waals surface area contributed by atoms with Crippen LogP contribution in [0.2, 0.25) is 0 Å². The first-order chi connectivity index (χ1) is 14.5. The number of esters is 1. The molecule has 5 nitrogen and oxygen atoms in total. The summed E-state index contributed by atoms with van der Waals surface area (Å²) in [6.45, 7) is 14.1. The summed E-state index contributed by atoms with van der Waals surface area (Å²) < 4.78 is 21.7. The van der Waals surface area contributed by atoms with Gasteiger partial charge in [0, 0.05) is 7.11 Å². The lowest BCUT2D eigenvalue weighted by Gasteiger charge is -2.20. The van der Waals surface area contributed by atoms with E-state index in [1.807, 2.05) is 39.0 Å². The normalized spacial score (nSPS) is 11.5. The second kappa shape index (κ2) is 10.7. The molecule has 2 aromatic carbocycles. The molecule has 0 amide bonds. The molecule has 0 unspecified atom stereocenters. The topological polar surface area (TPSA) is 54.0 Å². The van der Waals surface area contributed by atoms with Gasteiger partial charge in [0.1, 0.15) is 17.1 Å². The Kier molecular flexibility index (Phi) is 8.52. The zero-order chi connectivity index (χ0) is 23.2. The molecule has 5 heteroatoms. The van der Waals surface area contributed by atoms with Gasteiger partial charge in [-0.1, -0.05) is 26.0 Å². The lowest BCUT2D eigenvalue weighted by atomic mass is 9.93. The molecule has 0 bridgehead atoms. The van der Waals surface area contributed by atoms with Gasteiger partial charge in [0.25, 0.3) is 0 Å². The molecule has 0 heterocycles. The summed E-state index contributed by atoms with van der Waals surface area (Å²) >= 11 is 0. The Morgan fingerprint density at radius 2 is 1.65 bits per heavy atom. The van der Waals surface area contributed by atoms with Crippen molar-refractivity contribution in [1.29, 1.82) is 0 Å². The van der Waals surface area contributed by atoms with Crippen LogP contribution in [0.4, 0.5) is 0 Å². The number of methoxy groups -OCH3 is 1. The van der Waals surface area contributed by atoms with Crippen LogP contribution in [-0.4, -0.2) is 32.1 Å². The number of rotatable bonds is 9. The van der Waals surface area contributed by atoms with Gasteiger partial charge in [0.15, 0.2) is 13.4 Å². The Morgan fingerprint density at radius 3 is 2.19 bits per heavy atom. The largest absolute Gasteiger partial charge is 0.482 e. The van der Waals surface area contributed by atoms with Crippen LogP contribution in [0.3, 0.4) is 0 Å². The molecule has 2 aromatic rings. The third kappa shape index (κ3) is 7.59. The van der Waals surface area contributed by atoms with Gasteiger partial charge in [-0.25, -0.2) is 4.79 Å². The van der Waals surface area contributed by atoms with Crippen molar-refractivity contribution in [1.82, 2.24) is 0 Å². The van der Waals surface area contributed by atoms with Gasteiger partial charge in [-0.15, -0.1) is 0 Å². The number of carbonyl (C=O) groups excluding carboxylic acids is 1. The van der Waals surface area contributed by atoms with Crippen molar-refractivity contribution >= 4 is 5.97 Å². The van der Waals surface area contributed by atoms with Gasteiger partial charge >= 0.3 is 5.97 Å². The fourth-order valence-electron chi connectivity index (χ4n) is 3.45. The molecule has 0 aliphatic heterocycles. The predicted molar refractivity (Wildman–Crippen MR) is 123 cm³/mol. The molecule has 0 radical (unpaired) electrons. The first-order valence-electron chi connectivity index (χ1n) is 10.7. The van der Waals surface area contributed by atoms with E-state index in [9.17, 15) is 4.79 Å². The maximum absolute atomic E-state index is 11.9. The van der Waals surface area contributed by atoms with Gasteiger partial charge in [-0.3, -0.25) is 0 Å². The summed E-state index contributed by atoms with van der Waals surface area (Å²) in [5.74, 6) is 1.51. The average Bonchev–Trinajstić information content (AvgIpc) is 2.66. The molecule has 0 atom stereocenters. The fourth-order valence-corrected chi connectivity index (χ4v) is 3.45. The van der Waals surface area contributed by atoms with E-state index in [0.29, 0.717) is 11.7 Å². The van der Waals surface area contributed by atoms with Crippen molar-refractivity contribution < 1.29 is 23.7 Å². The highest BCUT2D eigenvalue weighted by Crippen LogP contribution is 2.30. The van der Waals surface area contributed by atoms with Gasteiger partial charge in [-0.2, -0.15) is 0 Å². The van der Waals surface area contributed by atoms with Crippen molar-refractivity contribution in [3.8, 4) is 11.5 Å². The van der Waals surface area contributed by atoms with Crippen LogP contribution in [0.5, 0.6) is 11.5 Å². The van der Waals surface area contributed by atoms with E-state index in [1.54, 1.807) is 7.11 Å². The monoisotopic (exact) mass is 428 g/mol. The number of benzene rings is 2. The Bertz CT molecular complexity index is 870. The minimum atomic E-state index is -0.519. The van der Waals surface area contributed by atoms with E-state index in [-0.39, 0.29) is 19.4 Å². The molecule has 0 saturated heterocycles. The molecule has 0 fully saturated rings. The number of hydrogen-bond donors (Lipinski definition) is 0. The molecule has 0 aliphatic carbocycles. The highest BCUT2D eigenvalue weighted by atomic mass is 16.7. The van der Waals surface area contributed by atoms with Gasteiger partial charge in [0.05, 0.1) is 0 Å². The fraction of sp³-hybridized carbons (Fsp3) is 0.500. The molecule has 0 aliphatic rings. The standard InChI is InChI=1S/C26H36O5/c1-17(2)22-13-20(9-10-24(22)30-16-28-8)14-23-18(3)11-21(12-19(23)4)29-15-25(27)31-26(5,6)7/h9-13,17H,14-16H2,1-8H3. The van der Waals surface area contributed by atoms with Gasteiger partial charge in [0.2, 0.25) is 0 Å². The maximum atomic E-state index is 11.9. The predicted octanol–water partition coefficient (Wildman–Crippen LogP) is 5.72. The lowest BCUT2D eigenvalue weighted by molar-refractivity contribution is -0.157. The Labute approximate surface area is 186 Å². The zero-order valence-corrected chi connectivity index (χ0v) is 20.1. The summed E-state index contributed by atoms with van der Waals surface area (Å²) in [5, 5.41) is 0. The lowest BCUT2D eigenvalue weighted by Crippen LogP contribution is -2.27. The van der Waals surface area contributed by atoms with Gasteiger partial charge in [-0.05, 0) is 93.0 Å². The number of carbonyl (C=O) groups is 1. The highest BCUT2D eigenvalue weighted by molar-refractivity contribution is 5.71. The third-order valence-corrected chi connectivity index (χ3v) is 4.86. The average molecular weight is 429 g/mol. The highest BCUT2D eigenvalue weighted by Gasteiger charge is 2.17. The first-order valence-corrected chi connectivity index (χ1v) is 10.7. The second-order valence-corrected chi connectivity index (χ2v) is 9.17. The summed E-state index contributed by atoms with van der Waals surface area (Å²) in [6.07, 6.45) is 0.814. The molecule has 0 aromatic heterocycles. The molecule has 2 rings (SSSR count). The van der Waals surface area contributed by atoms with E-state index in [4.69, 9.17) is 18.9 Å². The van der Waals surface area contributed by atoms with Crippen molar-refractivity contribution in [2.24, 2.45) is 0 Å². The van der Waals surface area contributed by atoms with Crippen LogP contribution < -0.4 is 9.47 Å². The van der Waals surface area contributed by atoms with Crippen molar-refractivity contribution in [2.45, 2.75) is 66.4 Å².